The van der Waals surface area contributed by atoms with Gasteiger partial charge in [0.1, 0.15) is 5.75 Å². The molecule has 152 valence electrons. The summed E-state index contributed by atoms with van der Waals surface area (Å²) in [6.07, 6.45) is 3.47. The lowest BCUT2D eigenvalue weighted by atomic mass is 9.86. The van der Waals surface area contributed by atoms with Gasteiger partial charge in [0.25, 0.3) is 5.91 Å². The fraction of sp³-hybridized carbons (Fsp3) is 0.632. The lowest BCUT2D eigenvalue weighted by Crippen LogP contribution is -2.47. The van der Waals surface area contributed by atoms with Crippen molar-refractivity contribution in [2.45, 2.75) is 57.2 Å². The topological polar surface area (TPSA) is 96.5 Å². The van der Waals surface area contributed by atoms with E-state index in [-0.39, 0.29) is 11.9 Å². The molecule has 27 heavy (non-hydrogen) atoms. The van der Waals surface area contributed by atoms with Crippen LogP contribution >= 0.6 is 0 Å². The fourth-order valence-corrected chi connectivity index (χ4v) is 4.00. The molecule has 0 aromatic heterocycles. The smallest absolute Gasteiger partial charge is 0.265 e. The van der Waals surface area contributed by atoms with Crippen molar-refractivity contribution in [3.05, 3.63) is 29.8 Å². The number of hydrogen-bond donors (Lipinski definition) is 3. The fourth-order valence-electron chi connectivity index (χ4n) is 2.97. The second-order valence-electron chi connectivity index (χ2n) is 8.01. The molecule has 1 aliphatic rings. The second kappa shape index (κ2) is 9.03. The number of nitrogens with one attached hydrogen (secondary N) is 3. The quantitative estimate of drug-likeness (QED) is 0.613. The molecule has 0 spiro atoms. The molecule has 0 heterocycles. The van der Waals surface area contributed by atoms with Crippen LogP contribution in [0.1, 0.15) is 56.8 Å². The molecule has 0 aliphatic heterocycles. The van der Waals surface area contributed by atoms with Crippen LogP contribution in [0, 0.1) is 5.92 Å². The molecule has 7 nitrogen and oxygen atoms in total. The van der Waals surface area contributed by atoms with Gasteiger partial charge < -0.3 is 4.74 Å². The van der Waals surface area contributed by atoms with Crippen LogP contribution in [0.4, 0.5) is 0 Å². The van der Waals surface area contributed by atoms with E-state index in [1.165, 1.54) is 0 Å². The zero-order valence-electron chi connectivity index (χ0n) is 16.5. The van der Waals surface area contributed by atoms with Gasteiger partial charge in [-0.05, 0) is 76.6 Å². The Balaban J connectivity index is 1.71. The molecule has 1 amide bonds. The Morgan fingerprint density at radius 1 is 1.11 bits per heavy atom. The van der Waals surface area contributed by atoms with Gasteiger partial charge in [-0.25, -0.2) is 18.6 Å². The highest BCUT2D eigenvalue weighted by Gasteiger charge is 2.32. The van der Waals surface area contributed by atoms with Gasteiger partial charge in [-0.2, -0.15) is 0 Å². The number of carbonyl (C=O) groups excluding carboxylic acids is 1. The van der Waals surface area contributed by atoms with Crippen molar-refractivity contribution in [1.82, 2.24) is 15.6 Å². The maximum absolute atomic E-state index is 12.2. The SMILES string of the molecule is COc1ccc(C(=O)NNCC2CCC(NS(=O)(=O)C(C)(C)C)CC2)cc1. The number of rotatable bonds is 7. The summed E-state index contributed by atoms with van der Waals surface area (Å²) in [7, 11) is -1.73. The lowest BCUT2D eigenvalue weighted by molar-refractivity contribution is 0.0928. The minimum Gasteiger partial charge on any atom is -0.497 e. The number of ether oxygens (including phenoxy) is 1. The third kappa shape index (κ3) is 6.19. The Morgan fingerprint density at radius 2 is 1.70 bits per heavy atom. The van der Waals surface area contributed by atoms with Crippen molar-refractivity contribution in [1.29, 1.82) is 0 Å². The third-order valence-corrected chi connectivity index (χ3v) is 7.18. The molecule has 0 bridgehead atoms. The normalized spacial score (nSPS) is 20.9. The van der Waals surface area contributed by atoms with Crippen LogP contribution in [0.25, 0.3) is 0 Å². The van der Waals surface area contributed by atoms with Crippen LogP contribution in [-0.4, -0.2) is 38.8 Å². The molecule has 0 unspecified atom stereocenters. The maximum atomic E-state index is 12.2. The predicted octanol–water partition coefficient (Wildman–Crippen LogP) is 2.21. The van der Waals surface area contributed by atoms with Crippen LogP contribution in [0.3, 0.4) is 0 Å². The summed E-state index contributed by atoms with van der Waals surface area (Å²) in [5, 5.41) is 0. The van der Waals surface area contributed by atoms with Crippen molar-refractivity contribution in [2.24, 2.45) is 5.92 Å². The van der Waals surface area contributed by atoms with Gasteiger partial charge in [-0.1, -0.05) is 0 Å². The molecule has 2 rings (SSSR count). The van der Waals surface area contributed by atoms with Crippen molar-refractivity contribution in [2.75, 3.05) is 13.7 Å². The molecule has 1 aliphatic carbocycles. The van der Waals surface area contributed by atoms with Gasteiger partial charge in [0, 0.05) is 18.2 Å². The minimum atomic E-state index is -3.31. The Morgan fingerprint density at radius 3 is 2.22 bits per heavy atom. The number of methoxy groups -OCH3 is 1. The van der Waals surface area contributed by atoms with Gasteiger partial charge in [0.2, 0.25) is 10.0 Å². The number of benzene rings is 1. The number of hydrogen-bond acceptors (Lipinski definition) is 5. The van der Waals surface area contributed by atoms with E-state index < -0.39 is 14.8 Å². The maximum Gasteiger partial charge on any atom is 0.265 e. The zero-order valence-corrected chi connectivity index (χ0v) is 17.4. The van der Waals surface area contributed by atoms with Crippen molar-refractivity contribution >= 4 is 15.9 Å². The highest BCUT2D eigenvalue weighted by Crippen LogP contribution is 2.25. The average molecular weight is 398 g/mol. The first-order valence-corrected chi connectivity index (χ1v) is 10.8. The number of carbonyl (C=O) groups is 1. The Hall–Kier alpha value is -1.64. The Labute approximate surface area is 162 Å². The summed E-state index contributed by atoms with van der Waals surface area (Å²) < 4.78 is 31.6. The van der Waals surface area contributed by atoms with E-state index in [1.54, 1.807) is 52.1 Å². The van der Waals surface area contributed by atoms with Crippen molar-refractivity contribution in [3.8, 4) is 5.75 Å². The van der Waals surface area contributed by atoms with Crippen LogP contribution in [-0.2, 0) is 10.0 Å². The van der Waals surface area contributed by atoms with Crippen LogP contribution < -0.4 is 20.3 Å². The summed E-state index contributed by atoms with van der Waals surface area (Å²) in [6, 6.07) is 6.91. The van der Waals surface area contributed by atoms with Gasteiger partial charge in [0.15, 0.2) is 0 Å². The summed E-state index contributed by atoms with van der Waals surface area (Å²) in [6.45, 7) is 5.78. The third-order valence-electron chi connectivity index (χ3n) is 4.92. The van der Waals surface area contributed by atoms with Gasteiger partial charge >= 0.3 is 0 Å². The second-order valence-corrected chi connectivity index (χ2v) is 10.5. The summed E-state index contributed by atoms with van der Waals surface area (Å²) >= 11 is 0. The minimum absolute atomic E-state index is 0.000588. The molecule has 1 fully saturated rings. The predicted molar refractivity (Wildman–Crippen MR) is 106 cm³/mol. The lowest BCUT2D eigenvalue weighted by Gasteiger charge is -2.31. The van der Waals surface area contributed by atoms with Crippen LogP contribution in [0.5, 0.6) is 5.75 Å². The first-order chi connectivity index (χ1) is 12.6. The van der Waals surface area contributed by atoms with E-state index in [4.69, 9.17) is 4.74 Å². The Bertz CT molecular complexity index is 718. The van der Waals surface area contributed by atoms with Gasteiger partial charge in [0.05, 0.1) is 11.9 Å². The van der Waals surface area contributed by atoms with Crippen molar-refractivity contribution < 1.29 is 17.9 Å². The molecule has 0 atom stereocenters. The van der Waals surface area contributed by atoms with E-state index in [0.29, 0.717) is 23.8 Å². The molecule has 0 saturated heterocycles. The summed E-state index contributed by atoms with van der Waals surface area (Å²) in [4.78, 5) is 12.1. The molecule has 1 saturated carbocycles. The van der Waals surface area contributed by atoms with E-state index in [9.17, 15) is 13.2 Å². The molecule has 8 heteroatoms. The van der Waals surface area contributed by atoms with Crippen molar-refractivity contribution in [3.63, 3.8) is 0 Å². The van der Waals surface area contributed by atoms with Crippen LogP contribution in [0.2, 0.25) is 0 Å². The molecule has 1 aromatic carbocycles. The number of amides is 1. The first-order valence-electron chi connectivity index (χ1n) is 9.31. The Kier molecular flexibility index (Phi) is 7.25. The highest BCUT2D eigenvalue weighted by atomic mass is 32.2. The molecular formula is C19H31N3O4S. The van der Waals surface area contributed by atoms with E-state index in [2.05, 4.69) is 15.6 Å². The molecule has 1 aromatic rings. The van der Waals surface area contributed by atoms with Gasteiger partial charge in [-0.3, -0.25) is 10.2 Å². The molecule has 3 N–H and O–H groups in total. The molecular weight excluding hydrogens is 366 g/mol. The summed E-state index contributed by atoms with van der Waals surface area (Å²) in [5.74, 6) is 0.930. The van der Waals surface area contributed by atoms with Gasteiger partial charge in [-0.15, -0.1) is 0 Å². The summed E-state index contributed by atoms with van der Waals surface area (Å²) in [5.41, 5.74) is 6.27. The monoisotopic (exact) mass is 397 g/mol. The number of hydrazine groups is 1. The number of sulfonamides is 1. The average Bonchev–Trinajstić information content (AvgIpc) is 2.62. The standard InChI is InChI=1S/C19H31N3O4S/c1-19(2,3)27(24,25)22-16-9-5-14(6-10-16)13-20-21-18(23)15-7-11-17(26-4)12-8-15/h7-8,11-12,14,16,20,22H,5-6,9-10,13H2,1-4H3,(H,21,23). The zero-order chi connectivity index (χ0) is 20.1. The first kappa shape index (κ1) is 21.7. The highest BCUT2D eigenvalue weighted by molar-refractivity contribution is 7.90. The van der Waals surface area contributed by atoms with E-state index in [0.717, 1.165) is 25.7 Å². The molecule has 0 radical (unpaired) electrons. The largest absolute Gasteiger partial charge is 0.497 e. The van der Waals surface area contributed by atoms with E-state index in [1.807, 2.05) is 0 Å². The van der Waals surface area contributed by atoms with Crippen LogP contribution in [0.15, 0.2) is 24.3 Å². The van der Waals surface area contributed by atoms with E-state index >= 15 is 0 Å².